The Labute approximate surface area is 175 Å². The van der Waals surface area contributed by atoms with Crippen molar-refractivity contribution in [1.29, 1.82) is 0 Å². The van der Waals surface area contributed by atoms with Crippen molar-refractivity contribution in [1.82, 2.24) is 4.98 Å². The number of ketones is 1. The van der Waals surface area contributed by atoms with E-state index in [0.717, 1.165) is 16.7 Å². The monoisotopic (exact) mass is 398 g/mol. The molecule has 0 saturated carbocycles. The van der Waals surface area contributed by atoms with Crippen molar-refractivity contribution in [2.45, 2.75) is 26.8 Å². The lowest BCUT2D eigenvalue weighted by Gasteiger charge is -2.25. The van der Waals surface area contributed by atoms with E-state index in [-0.39, 0.29) is 11.3 Å². The van der Waals surface area contributed by atoms with Crippen LogP contribution in [-0.2, 0) is 9.59 Å². The third-order valence-corrected chi connectivity index (χ3v) is 5.40. The molecule has 1 saturated heterocycles. The lowest BCUT2D eigenvalue weighted by atomic mass is 9.94. The van der Waals surface area contributed by atoms with Gasteiger partial charge in [-0.3, -0.25) is 19.5 Å². The highest BCUT2D eigenvalue weighted by molar-refractivity contribution is 6.51. The van der Waals surface area contributed by atoms with Crippen molar-refractivity contribution in [2.24, 2.45) is 0 Å². The van der Waals surface area contributed by atoms with E-state index in [1.54, 1.807) is 24.5 Å². The second kappa shape index (κ2) is 7.59. The molecule has 1 aliphatic heterocycles. The van der Waals surface area contributed by atoms with Crippen molar-refractivity contribution in [2.75, 3.05) is 4.90 Å². The van der Waals surface area contributed by atoms with Crippen LogP contribution in [0.1, 0.15) is 33.9 Å². The van der Waals surface area contributed by atoms with Crippen molar-refractivity contribution in [3.05, 3.63) is 100 Å². The summed E-state index contributed by atoms with van der Waals surface area (Å²) in [5.74, 6) is -1.54. The molecule has 0 bridgehead atoms. The van der Waals surface area contributed by atoms with Gasteiger partial charge < -0.3 is 5.11 Å². The molecular formula is C25H22N2O3. The summed E-state index contributed by atoms with van der Waals surface area (Å²) in [6.45, 7) is 5.74. The quantitative estimate of drug-likeness (QED) is 0.397. The van der Waals surface area contributed by atoms with E-state index >= 15 is 0 Å². The van der Waals surface area contributed by atoms with Gasteiger partial charge in [0.15, 0.2) is 0 Å². The molecule has 1 atom stereocenters. The predicted molar refractivity (Wildman–Crippen MR) is 116 cm³/mol. The summed E-state index contributed by atoms with van der Waals surface area (Å²) in [6, 6.07) is 15.8. The first-order valence-corrected chi connectivity index (χ1v) is 9.73. The topological polar surface area (TPSA) is 70.5 Å². The first-order chi connectivity index (χ1) is 14.4. The molecule has 4 rings (SSSR count). The highest BCUT2D eigenvalue weighted by Crippen LogP contribution is 2.42. The van der Waals surface area contributed by atoms with E-state index < -0.39 is 17.7 Å². The largest absolute Gasteiger partial charge is 0.507 e. The minimum atomic E-state index is -0.763. The van der Waals surface area contributed by atoms with E-state index in [4.69, 9.17) is 0 Å². The van der Waals surface area contributed by atoms with Gasteiger partial charge in [-0.1, -0.05) is 41.5 Å². The van der Waals surface area contributed by atoms with Gasteiger partial charge in [-0.2, -0.15) is 0 Å². The number of carbonyl (C=O) groups is 2. The zero-order chi connectivity index (χ0) is 21.4. The number of anilines is 1. The zero-order valence-corrected chi connectivity index (χ0v) is 17.1. The fourth-order valence-corrected chi connectivity index (χ4v) is 3.79. The molecule has 1 N–H and O–H groups in total. The number of aromatic nitrogens is 1. The number of aliphatic hydroxyl groups is 1. The van der Waals surface area contributed by atoms with Crippen LogP contribution in [0.25, 0.3) is 5.76 Å². The molecule has 0 aliphatic carbocycles. The average Bonchev–Trinajstić information content (AvgIpc) is 3.01. The number of amides is 1. The minimum Gasteiger partial charge on any atom is -0.507 e. The molecule has 1 aromatic heterocycles. The number of aliphatic hydroxyl groups excluding tert-OH is 1. The summed E-state index contributed by atoms with van der Waals surface area (Å²) >= 11 is 0. The number of aryl methyl sites for hydroxylation is 3. The number of hydrogen-bond donors (Lipinski definition) is 1. The molecule has 0 spiro atoms. The molecule has 30 heavy (non-hydrogen) atoms. The molecule has 5 nitrogen and oxygen atoms in total. The third-order valence-electron chi connectivity index (χ3n) is 5.40. The summed E-state index contributed by atoms with van der Waals surface area (Å²) in [7, 11) is 0. The van der Waals surface area contributed by atoms with Gasteiger partial charge in [0.25, 0.3) is 11.7 Å². The Morgan fingerprint density at radius 1 is 0.967 bits per heavy atom. The van der Waals surface area contributed by atoms with E-state index in [1.807, 2.05) is 63.2 Å². The number of pyridine rings is 1. The van der Waals surface area contributed by atoms with Crippen molar-refractivity contribution < 1.29 is 14.7 Å². The van der Waals surface area contributed by atoms with E-state index in [0.29, 0.717) is 16.8 Å². The SMILES string of the molecule is Cc1ccc(N2C(=O)C(=O)/C(=C(/O)c3cc(C)ccc3C)C2c2cccnc2)cc1. The van der Waals surface area contributed by atoms with Gasteiger partial charge in [0.1, 0.15) is 5.76 Å². The predicted octanol–water partition coefficient (Wildman–Crippen LogP) is 4.63. The van der Waals surface area contributed by atoms with Gasteiger partial charge in [-0.15, -0.1) is 0 Å². The second-order valence-electron chi connectivity index (χ2n) is 7.61. The van der Waals surface area contributed by atoms with E-state index in [2.05, 4.69) is 4.98 Å². The highest BCUT2D eigenvalue weighted by atomic mass is 16.3. The third kappa shape index (κ3) is 3.28. The maximum absolute atomic E-state index is 13.1. The Hall–Kier alpha value is -3.73. The van der Waals surface area contributed by atoms with Crippen LogP contribution in [0.15, 0.2) is 72.6 Å². The lowest BCUT2D eigenvalue weighted by molar-refractivity contribution is -0.132. The molecule has 5 heteroatoms. The molecule has 1 fully saturated rings. The van der Waals surface area contributed by atoms with Gasteiger partial charge in [0, 0.05) is 23.6 Å². The average molecular weight is 398 g/mol. The summed E-state index contributed by atoms with van der Waals surface area (Å²) < 4.78 is 0. The lowest BCUT2D eigenvalue weighted by Crippen LogP contribution is -2.29. The highest BCUT2D eigenvalue weighted by Gasteiger charge is 2.47. The van der Waals surface area contributed by atoms with Crippen LogP contribution in [0.4, 0.5) is 5.69 Å². The van der Waals surface area contributed by atoms with Crippen molar-refractivity contribution in [3.8, 4) is 0 Å². The Kier molecular flexibility index (Phi) is 4.96. The summed E-state index contributed by atoms with van der Waals surface area (Å²) in [4.78, 5) is 31.8. The summed E-state index contributed by atoms with van der Waals surface area (Å²) in [5, 5.41) is 11.2. The van der Waals surface area contributed by atoms with E-state index in [9.17, 15) is 14.7 Å². The normalized spacial score (nSPS) is 18.1. The standard InChI is InChI=1S/C25H22N2O3/c1-15-7-10-19(11-8-15)27-22(18-5-4-12-26-14-18)21(24(29)25(27)30)23(28)20-13-16(2)6-9-17(20)3/h4-14,22,28H,1-3H3/b23-21+. The molecule has 3 aromatic rings. The molecule has 1 unspecified atom stereocenters. The maximum atomic E-state index is 13.1. The van der Waals surface area contributed by atoms with Gasteiger partial charge in [-0.05, 0) is 56.2 Å². The smallest absolute Gasteiger partial charge is 0.300 e. The fraction of sp³-hybridized carbons (Fsp3) is 0.160. The number of rotatable bonds is 3. The van der Waals surface area contributed by atoms with Gasteiger partial charge in [0.05, 0.1) is 11.6 Å². The number of benzene rings is 2. The van der Waals surface area contributed by atoms with Crippen LogP contribution >= 0.6 is 0 Å². The number of nitrogens with zero attached hydrogens (tertiary/aromatic N) is 2. The first-order valence-electron chi connectivity index (χ1n) is 9.73. The number of carbonyl (C=O) groups excluding carboxylic acids is 2. The Morgan fingerprint density at radius 2 is 1.67 bits per heavy atom. The van der Waals surface area contributed by atoms with Crippen LogP contribution in [0.5, 0.6) is 0 Å². The van der Waals surface area contributed by atoms with Crippen LogP contribution < -0.4 is 4.90 Å². The number of Topliss-reactive ketones (excluding diaryl/α,β-unsaturated/α-hetero) is 1. The van der Waals surface area contributed by atoms with Crippen molar-refractivity contribution in [3.63, 3.8) is 0 Å². The minimum absolute atomic E-state index is 0.0716. The maximum Gasteiger partial charge on any atom is 0.300 e. The molecule has 2 heterocycles. The van der Waals surface area contributed by atoms with Crippen LogP contribution in [-0.4, -0.2) is 21.8 Å². The van der Waals surface area contributed by atoms with Gasteiger partial charge in [0.2, 0.25) is 0 Å². The fourth-order valence-electron chi connectivity index (χ4n) is 3.79. The van der Waals surface area contributed by atoms with Crippen LogP contribution in [0.2, 0.25) is 0 Å². The zero-order valence-electron chi connectivity index (χ0n) is 17.1. The number of hydrogen-bond acceptors (Lipinski definition) is 4. The van der Waals surface area contributed by atoms with Gasteiger partial charge >= 0.3 is 0 Å². The van der Waals surface area contributed by atoms with Crippen molar-refractivity contribution >= 4 is 23.1 Å². The molecule has 150 valence electrons. The molecule has 1 amide bonds. The summed E-state index contributed by atoms with van der Waals surface area (Å²) in [6.07, 6.45) is 3.25. The van der Waals surface area contributed by atoms with E-state index in [1.165, 1.54) is 4.90 Å². The summed E-state index contributed by atoms with van der Waals surface area (Å²) in [5.41, 5.74) is 4.69. The molecule has 2 aromatic carbocycles. The second-order valence-corrected chi connectivity index (χ2v) is 7.61. The van der Waals surface area contributed by atoms with Gasteiger partial charge in [-0.25, -0.2) is 0 Å². The van der Waals surface area contributed by atoms with Crippen LogP contribution in [0, 0.1) is 20.8 Å². The Bertz CT molecular complexity index is 1160. The molecule has 1 aliphatic rings. The first kappa shape index (κ1) is 19.6. The molecular weight excluding hydrogens is 376 g/mol. The molecule has 0 radical (unpaired) electrons. The Morgan fingerprint density at radius 3 is 2.33 bits per heavy atom. The van der Waals surface area contributed by atoms with Crippen LogP contribution in [0.3, 0.4) is 0 Å². The Balaban J connectivity index is 1.97.